The molecule has 1 aliphatic rings. The van der Waals surface area contributed by atoms with E-state index < -0.39 is 0 Å². The maximum atomic E-state index is 10.9. The molecule has 3 heteroatoms. The molecule has 0 radical (unpaired) electrons. The number of ether oxygens (including phenoxy) is 1. The summed E-state index contributed by atoms with van der Waals surface area (Å²) in [6.07, 6.45) is 4.69. The van der Waals surface area contributed by atoms with Crippen LogP contribution in [-0.2, 0) is 9.53 Å². The zero-order valence-corrected chi connectivity index (χ0v) is 8.10. The lowest BCUT2D eigenvalue weighted by Gasteiger charge is -2.17. The first kappa shape index (κ1) is 9.65. The van der Waals surface area contributed by atoms with Crippen LogP contribution in [0.5, 0.6) is 0 Å². The van der Waals surface area contributed by atoms with Gasteiger partial charge < -0.3 is 4.74 Å². The number of ketones is 1. The molecular formula is C9H14O2S. The molecule has 0 aromatic rings. The van der Waals surface area contributed by atoms with Crippen molar-refractivity contribution < 1.29 is 9.53 Å². The SMILES string of the molecule is CCSCCC1CC(=O)C=CO1. The minimum atomic E-state index is 0.126. The van der Waals surface area contributed by atoms with Gasteiger partial charge in [0.2, 0.25) is 0 Å². The van der Waals surface area contributed by atoms with Crippen LogP contribution in [0, 0.1) is 0 Å². The Bertz CT molecular complexity index is 177. The van der Waals surface area contributed by atoms with Crippen LogP contribution in [0.1, 0.15) is 19.8 Å². The average molecular weight is 186 g/mol. The highest BCUT2D eigenvalue weighted by molar-refractivity contribution is 7.99. The molecule has 0 amide bonds. The monoisotopic (exact) mass is 186 g/mol. The van der Waals surface area contributed by atoms with Crippen molar-refractivity contribution in [1.82, 2.24) is 0 Å². The van der Waals surface area contributed by atoms with Crippen molar-refractivity contribution in [3.63, 3.8) is 0 Å². The Labute approximate surface area is 77.4 Å². The van der Waals surface area contributed by atoms with Gasteiger partial charge in [-0.2, -0.15) is 11.8 Å². The van der Waals surface area contributed by atoms with Crippen LogP contribution in [0.3, 0.4) is 0 Å². The van der Waals surface area contributed by atoms with Crippen LogP contribution >= 0.6 is 11.8 Å². The lowest BCUT2D eigenvalue weighted by atomic mass is 10.1. The Hall–Kier alpha value is -0.440. The Morgan fingerprint density at radius 1 is 1.75 bits per heavy atom. The first-order chi connectivity index (χ1) is 5.83. The molecule has 1 rings (SSSR count). The lowest BCUT2D eigenvalue weighted by molar-refractivity contribution is -0.118. The van der Waals surface area contributed by atoms with Gasteiger partial charge in [0.25, 0.3) is 0 Å². The molecule has 0 saturated heterocycles. The van der Waals surface area contributed by atoms with Gasteiger partial charge in [-0.25, -0.2) is 0 Å². The molecule has 68 valence electrons. The Morgan fingerprint density at radius 3 is 3.25 bits per heavy atom. The van der Waals surface area contributed by atoms with Crippen molar-refractivity contribution >= 4 is 17.5 Å². The van der Waals surface area contributed by atoms with Gasteiger partial charge in [-0.15, -0.1) is 0 Å². The predicted molar refractivity (Wildman–Crippen MR) is 51.3 cm³/mol. The van der Waals surface area contributed by atoms with Crippen molar-refractivity contribution in [3.8, 4) is 0 Å². The maximum Gasteiger partial charge on any atom is 0.162 e. The lowest BCUT2D eigenvalue weighted by Crippen LogP contribution is -2.19. The van der Waals surface area contributed by atoms with Crippen molar-refractivity contribution in [2.75, 3.05) is 11.5 Å². The number of carbonyl (C=O) groups excluding carboxylic acids is 1. The summed E-state index contributed by atoms with van der Waals surface area (Å²) in [5.41, 5.74) is 0. The second-order valence-corrected chi connectivity index (χ2v) is 4.11. The molecule has 0 spiro atoms. The fourth-order valence-electron chi connectivity index (χ4n) is 1.10. The summed E-state index contributed by atoms with van der Waals surface area (Å²) in [4.78, 5) is 10.9. The summed E-state index contributed by atoms with van der Waals surface area (Å²) in [6.45, 7) is 2.14. The molecule has 0 saturated carbocycles. The van der Waals surface area contributed by atoms with Gasteiger partial charge >= 0.3 is 0 Å². The summed E-state index contributed by atoms with van der Waals surface area (Å²) in [7, 11) is 0. The van der Waals surface area contributed by atoms with E-state index in [9.17, 15) is 4.79 Å². The normalized spacial score (nSPS) is 22.4. The van der Waals surface area contributed by atoms with E-state index in [-0.39, 0.29) is 11.9 Å². The molecule has 0 aliphatic carbocycles. The first-order valence-corrected chi connectivity index (χ1v) is 5.41. The van der Waals surface area contributed by atoms with E-state index in [1.807, 2.05) is 11.8 Å². The number of hydrogen-bond donors (Lipinski definition) is 0. The molecule has 2 nitrogen and oxygen atoms in total. The highest BCUT2D eigenvalue weighted by atomic mass is 32.2. The number of hydrogen-bond acceptors (Lipinski definition) is 3. The van der Waals surface area contributed by atoms with Gasteiger partial charge in [-0.3, -0.25) is 4.79 Å². The summed E-state index contributed by atoms with van der Waals surface area (Å²) >= 11 is 1.89. The van der Waals surface area contributed by atoms with E-state index in [0.29, 0.717) is 6.42 Å². The molecule has 0 bridgehead atoms. The maximum absolute atomic E-state index is 10.9. The van der Waals surface area contributed by atoms with Crippen molar-refractivity contribution in [1.29, 1.82) is 0 Å². The third-order valence-electron chi connectivity index (χ3n) is 1.74. The largest absolute Gasteiger partial charge is 0.497 e. The van der Waals surface area contributed by atoms with E-state index in [2.05, 4.69) is 6.92 Å². The zero-order valence-electron chi connectivity index (χ0n) is 7.29. The Morgan fingerprint density at radius 2 is 2.58 bits per heavy atom. The van der Waals surface area contributed by atoms with E-state index in [1.165, 1.54) is 12.3 Å². The molecule has 1 aliphatic heterocycles. The van der Waals surface area contributed by atoms with Gasteiger partial charge in [-0.1, -0.05) is 6.92 Å². The minimum absolute atomic E-state index is 0.126. The highest BCUT2D eigenvalue weighted by Gasteiger charge is 2.15. The molecule has 0 aromatic heterocycles. The Balaban J connectivity index is 2.16. The van der Waals surface area contributed by atoms with E-state index in [1.54, 1.807) is 0 Å². The van der Waals surface area contributed by atoms with Crippen LogP contribution in [0.2, 0.25) is 0 Å². The van der Waals surface area contributed by atoms with Crippen LogP contribution in [0.4, 0.5) is 0 Å². The van der Waals surface area contributed by atoms with E-state index in [4.69, 9.17) is 4.74 Å². The molecule has 1 atom stereocenters. The quantitative estimate of drug-likeness (QED) is 0.628. The molecule has 12 heavy (non-hydrogen) atoms. The summed E-state index contributed by atoms with van der Waals surface area (Å²) in [5, 5.41) is 0. The second-order valence-electron chi connectivity index (χ2n) is 2.72. The van der Waals surface area contributed by atoms with Gasteiger partial charge in [-0.05, 0) is 17.9 Å². The number of rotatable bonds is 4. The van der Waals surface area contributed by atoms with E-state index >= 15 is 0 Å². The number of carbonyl (C=O) groups is 1. The average Bonchev–Trinajstić information content (AvgIpc) is 2.05. The smallest absolute Gasteiger partial charge is 0.162 e. The molecule has 0 fully saturated rings. The summed E-state index contributed by atoms with van der Waals surface area (Å²) in [6, 6.07) is 0. The van der Waals surface area contributed by atoms with Gasteiger partial charge in [0.05, 0.1) is 6.26 Å². The Kier molecular flexibility index (Phi) is 4.22. The minimum Gasteiger partial charge on any atom is -0.497 e. The van der Waals surface area contributed by atoms with Gasteiger partial charge in [0, 0.05) is 12.5 Å². The predicted octanol–water partition coefficient (Wildman–Crippen LogP) is 2.00. The third kappa shape index (κ3) is 3.30. The van der Waals surface area contributed by atoms with Gasteiger partial charge in [0.1, 0.15) is 6.10 Å². The topological polar surface area (TPSA) is 26.3 Å². The standard InChI is InChI=1S/C9H14O2S/c1-2-12-6-4-9-7-8(10)3-5-11-9/h3,5,9H,2,4,6-7H2,1H3. The van der Waals surface area contributed by atoms with E-state index in [0.717, 1.165) is 17.9 Å². The number of thioether (sulfide) groups is 1. The van der Waals surface area contributed by atoms with Crippen LogP contribution in [-0.4, -0.2) is 23.4 Å². The fourth-order valence-corrected chi connectivity index (χ4v) is 1.81. The van der Waals surface area contributed by atoms with Gasteiger partial charge in [0.15, 0.2) is 5.78 Å². The van der Waals surface area contributed by atoms with Crippen LogP contribution in [0.15, 0.2) is 12.3 Å². The third-order valence-corrected chi connectivity index (χ3v) is 2.67. The number of allylic oxidation sites excluding steroid dienone is 1. The molecule has 1 unspecified atom stereocenters. The van der Waals surface area contributed by atoms with Crippen molar-refractivity contribution in [3.05, 3.63) is 12.3 Å². The van der Waals surface area contributed by atoms with Crippen molar-refractivity contribution in [2.45, 2.75) is 25.9 Å². The first-order valence-electron chi connectivity index (χ1n) is 4.25. The van der Waals surface area contributed by atoms with Crippen LogP contribution < -0.4 is 0 Å². The fraction of sp³-hybridized carbons (Fsp3) is 0.667. The summed E-state index contributed by atoms with van der Waals surface area (Å²) < 4.78 is 5.28. The highest BCUT2D eigenvalue weighted by Crippen LogP contribution is 2.14. The summed E-state index contributed by atoms with van der Waals surface area (Å²) in [5.74, 6) is 2.41. The van der Waals surface area contributed by atoms with Crippen LogP contribution in [0.25, 0.3) is 0 Å². The molecular weight excluding hydrogens is 172 g/mol. The zero-order chi connectivity index (χ0) is 8.81. The molecule has 0 aromatic carbocycles. The van der Waals surface area contributed by atoms with Crippen molar-refractivity contribution in [2.24, 2.45) is 0 Å². The second kappa shape index (κ2) is 5.25. The molecule has 0 N–H and O–H groups in total. The molecule has 1 heterocycles.